The van der Waals surface area contributed by atoms with Gasteiger partial charge >= 0.3 is 11.9 Å². The standard InChI is InChI=1S/C12H6Cl2O4/c13-9-5-1-3-7(11(15)16)10(14)6(5)2-4-8(9)12(17)18/h1-4H,(H,15,16)(H,17,18). The highest BCUT2D eigenvalue weighted by Gasteiger charge is 2.16. The van der Waals surface area contributed by atoms with Crippen molar-refractivity contribution in [3.63, 3.8) is 0 Å². The lowest BCUT2D eigenvalue weighted by Crippen LogP contribution is -2.00. The molecule has 0 bridgehead atoms. The molecule has 2 aromatic carbocycles. The summed E-state index contributed by atoms with van der Waals surface area (Å²) in [6.45, 7) is 0. The van der Waals surface area contributed by atoms with Crippen LogP contribution in [0.5, 0.6) is 0 Å². The van der Waals surface area contributed by atoms with Gasteiger partial charge in [-0.05, 0) is 12.1 Å². The number of rotatable bonds is 2. The average Bonchev–Trinajstić information content (AvgIpc) is 2.29. The topological polar surface area (TPSA) is 74.6 Å². The van der Waals surface area contributed by atoms with Crippen LogP contribution in [0.15, 0.2) is 24.3 Å². The van der Waals surface area contributed by atoms with E-state index in [9.17, 15) is 9.59 Å². The van der Waals surface area contributed by atoms with Crippen LogP contribution in [0, 0.1) is 0 Å². The van der Waals surface area contributed by atoms with Gasteiger partial charge in [0.25, 0.3) is 0 Å². The maximum Gasteiger partial charge on any atom is 0.337 e. The van der Waals surface area contributed by atoms with Crippen molar-refractivity contribution in [1.82, 2.24) is 0 Å². The fraction of sp³-hybridized carbons (Fsp3) is 0. The van der Waals surface area contributed by atoms with Crippen LogP contribution in [0.3, 0.4) is 0 Å². The Morgan fingerprint density at radius 3 is 1.39 bits per heavy atom. The molecule has 2 aromatic rings. The SMILES string of the molecule is O=C(O)c1ccc2c(Cl)c(C(=O)O)ccc2c1Cl. The molecule has 0 aromatic heterocycles. The van der Waals surface area contributed by atoms with Crippen LogP contribution in [-0.2, 0) is 0 Å². The predicted octanol–water partition coefficient (Wildman–Crippen LogP) is 3.54. The Labute approximate surface area is 111 Å². The minimum atomic E-state index is -1.15. The highest BCUT2D eigenvalue weighted by atomic mass is 35.5. The van der Waals surface area contributed by atoms with E-state index >= 15 is 0 Å². The van der Waals surface area contributed by atoms with Gasteiger partial charge in [0.2, 0.25) is 0 Å². The summed E-state index contributed by atoms with van der Waals surface area (Å²) in [5, 5.41) is 18.8. The van der Waals surface area contributed by atoms with Gasteiger partial charge in [-0.1, -0.05) is 35.3 Å². The molecule has 0 heterocycles. The zero-order chi connectivity index (χ0) is 13.4. The highest BCUT2D eigenvalue weighted by molar-refractivity contribution is 6.42. The lowest BCUT2D eigenvalue weighted by Gasteiger charge is -2.07. The third-order valence-electron chi connectivity index (χ3n) is 2.53. The molecule has 0 fully saturated rings. The zero-order valence-electron chi connectivity index (χ0n) is 8.78. The summed E-state index contributed by atoms with van der Waals surface area (Å²) in [5.74, 6) is -2.30. The maximum atomic E-state index is 10.9. The molecule has 0 aliphatic heterocycles. The van der Waals surface area contributed by atoms with Crippen molar-refractivity contribution >= 4 is 45.9 Å². The molecule has 2 rings (SSSR count). The first kappa shape index (κ1) is 12.7. The van der Waals surface area contributed by atoms with Crippen LogP contribution in [0.2, 0.25) is 10.0 Å². The van der Waals surface area contributed by atoms with E-state index in [0.717, 1.165) is 0 Å². The molecule has 6 heteroatoms. The average molecular weight is 285 g/mol. The molecule has 0 amide bonds. The number of hydrogen-bond donors (Lipinski definition) is 2. The van der Waals surface area contributed by atoms with Crippen molar-refractivity contribution in [1.29, 1.82) is 0 Å². The quantitative estimate of drug-likeness (QED) is 0.884. The number of halogens is 2. The molecule has 0 saturated heterocycles. The lowest BCUT2D eigenvalue weighted by molar-refractivity contribution is 0.0686. The van der Waals surface area contributed by atoms with Crippen molar-refractivity contribution in [3.05, 3.63) is 45.4 Å². The Balaban J connectivity index is 2.83. The van der Waals surface area contributed by atoms with E-state index in [1.54, 1.807) is 0 Å². The van der Waals surface area contributed by atoms with Gasteiger partial charge in [-0.3, -0.25) is 0 Å². The Bertz CT molecular complexity index is 620. The summed E-state index contributed by atoms with van der Waals surface area (Å²) >= 11 is 11.9. The van der Waals surface area contributed by atoms with E-state index in [1.807, 2.05) is 0 Å². The first-order chi connectivity index (χ1) is 8.43. The van der Waals surface area contributed by atoms with Crippen molar-refractivity contribution in [2.24, 2.45) is 0 Å². The molecule has 0 radical (unpaired) electrons. The zero-order valence-corrected chi connectivity index (χ0v) is 10.3. The molecule has 92 valence electrons. The van der Waals surface area contributed by atoms with Gasteiger partial charge in [0, 0.05) is 10.8 Å². The Morgan fingerprint density at radius 1 is 0.778 bits per heavy atom. The second-order valence-electron chi connectivity index (χ2n) is 3.56. The van der Waals surface area contributed by atoms with E-state index < -0.39 is 11.9 Å². The monoisotopic (exact) mass is 284 g/mol. The molecular weight excluding hydrogens is 279 g/mol. The fourth-order valence-electron chi connectivity index (χ4n) is 1.66. The number of aromatic carboxylic acids is 2. The summed E-state index contributed by atoms with van der Waals surface area (Å²) in [5.41, 5.74) is -0.105. The van der Waals surface area contributed by atoms with Crippen LogP contribution in [0.4, 0.5) is 0 Å². The Morgan fingerprint density at radius 2 is 1.11 bits per heavy atom. The van der Waals surface area contributed by atoms with Gasteiger partial charge in [0.05, 0.1) is 21.2 Å². The summed E-state index contributed by atoms with van der Waals surface area (Å²) in [7, 11) is 0. The molecule has 0 spiro atoms. The molecule has 0 aliphatic carbocycles. The molecule has 0 atom stereocenters. The van der Waals surface area contributed by atoms with Crippen LogP contribution in [0.25, 0.3) is 10.8 Å². The molecular formula is C12H6Cl2O4. The number of carboxylic acid groups (broad SMARTS) is 2. The summed E-state index contributed by atoms with van der Waals surface area (Å²) < 4.78 is 0. The predicted molar refractivity (Wildman–Crippen MR) is 67.9 cm³/mol. The number of carboxylic acids is 2. The molecule has 0 aliphatic rings. The molecule has 18 heavy (non-hydrogen) atoms. The Hall–Kier alpha value is -1.78. The van der Waals surface area contributed by atoms with Crippen molar-refractivity contribution < 1.29 is 19.8 Å². The fourth-order valence-corrected chi connectivity index (χ4v) is 2.28. The first-order valence-electron chi connectivity index (χ1n) is 4.80. The van der Waals surface area contributed by atoms with E-state index in [4.69, 9.17) is 33.4 Å². The second kappa shape index (κ2) is 4.48. The highest BCUT2D eigenvalue weighted by Crippen LogP contribution is 2.33. The maximum absolute atomic E-state index is 10.9. The van der Waals surface area contributed by atoms with Crippen LogP contribution in [-0.4, -0.2) is 22.2 Å². The van der Waals surface area contributed by atoms with Gasteiger partial charge in [-0.25, -0.2) is 9.59 Å². The second-order valence-corrected chi connectivity index (χ2v) is 4.32. The van der Waals surface area contributed by atoms with Crippen molar-refractivity contribution in [2.45, 2.75) is 0 Å². The third-order valence-corrected chi connectivity index (χ3v) is 3.34. The molecule has 4 nitrogen and oxygen atoms in total. The lowest BCUT2D eigenvalue weighted by atomic mass is 10.0. The summed E-state index contributed by atoms with van der Waals surface area (Å²) in [6.07, 6.45) is 0. The van der Waals surface area contributed by atoms with Gasteiger partial charge in [-0.2, -0.15) is 0 Å². The molecule has 0 saturated carbocycles. The minimum absolute atomic E-state index is 0.0406. The third kappa shape index (κ3) is 1.89. The van der Waals surface area contributed by atoms with Gasteiger partial charge in [0.15, 0.2) is 0 Å². The van der Waals surface area contributed by atoms with E-state index in [1.165, 1.54) is 24.3 Å². The largest absolute Gasteiger partial charge is 0.478 e. The van der Waals surface area contributed by atoms with Gasteiger partial charge in [0.1, 0.15) is 0 Å². The van der Waals surface area contributed by atoms with Crippen LogP contribution < -0.4 is 0 Å². The van der Waals surface area contributed by atoms with Crippen LogP contribution in [0.1, 0.15) is 20.7 Å². The number of fused-ring (bicyclic) bond motifs is 1. The first-order valence-corrected chi connectivity index (χ1v) is 5.56. The number of benzene rings is 2. The van der Waals surface area contributed by atoms with E-state index in [-0.39, 0.29) is 21.2 Å². The number of carbonyl (C=O) groups is 2. The van der Waals surface area contributed by atoms with E-state index in [2.05, 4.69) is 0 Å². The molecule has 2 N–H and O–H groups in total. The summed E-state index contributed by atoms with van der Waals surface area (Å²) in [4.78, 5) is 21.8. The summed E-state index contributed by atoms with van der Waals surface area (Å²) in [6, 6.07) is 5.48. The smallest absolute Gasteiger partial charge is 0.337 e. The van der Waals surface area contributed by atoms with E-state index in [0.29, 0.717) is 10.8 Å². The number of hydrogen-bond acceptors (Lipinski definition) is 2. The van der Waals surface area contributed by atoms with Crippen LogP contribution >= 0.6 is 23.2 Å². The van der Waals surface area contributed by atoms with Crippen molar-refractivity contribution in [3.8, 4) is 0 Å². The molecule has 0 unspecified atom stereocenters. The van der Waals surface area contributed by atoms with Gasteiger partial charge < -0.3 is 10.2 Å². The van der Waals surface area contributed by atoms with Crippen molar-refractivity contribution in [2.75, 3.05) is 0 Å². The van der Waals surface area contributed by atoms with Gasteiger partial charge in [-0.15, -0.1) is 0 Å². The minimum Gasteiger partial charge on any atom is -0.478 e. The normalized spacial score (nSPS) is 10.6. The Kier molecular flexibility index (Phi) is 3.15.